The molecule has 7 heteroatoms. The molecule has 4 nitrogen and oxygen atoms in total. The Kier molecular flexibility index (Phi) is 3.76. The van der Waals surface area contributed by atoms with Crippen molar-refractivity contribution in [1.82, 2.24) is 4.90 Å². The van der Waals surface area contributed by atoms with Crippen molar-refractivity contribution in [2.45, 2.75) is 31.2 Å². The number of hydrogen-bond donors (Lipinski definition) is 1. The predicted octanol–water partition coefficient (Wildman–Crippen LogP) is 2.59. The van der Waals surface area contributed by atoms with Gasteiger partial charge in [0, 0.05) is 6.54 Å². The Balaban J connectivity index is 2.00. The molecule has 1 amide bonds. The first kappa shape index (κ1) is 15.1. The van der Waals surface area contributed by atoms with Crippen LogP contribution in [0.2, 0.25) is 0 Å². The third-order valence-electron chi connectivity index (χ3n) is 4.55. The van der Waals surface area contributed by atoms with E-state index in [1.807, 2.05) is 0 Å². The summed E-state index contributed by atoms with van der Waals surface area (Å²) in [6.45, 7) is 0.929. The molecule has 0 atom stereocenters. The normalized spacial score (nSPS) is 20.6. The van der Waals surface area contributed by atoms with Gasteiger partial charge in [0.2, 0.25) is 5.82 Å². The van der Waals surface area contributed by atoms with E-state index in [0.717, 1.165) is 25.7 Å². The minimum absolute atomic E-state index is 0.262. The van der Waals surface area contributed by atoms with Crippen LogP contribution in [0.1, 0.15) is 36.0 Å². The van der Waals surface area contributed by atoms with E-state index < -0.39 is 40.2 Å². The third kappa shape index (κ3) is 2.24. The average molecular weight is 315 g/mol. The van der Waals surface area contributed by atoms with Crippen LogP contribution >= 0.6 is 0 Å². The quantitative estimate of drug-likeness (QED) is 0.811. The van der Waals surface area contributed by atoms with E-state index in [4.69, 9.17) is 4.74 Å². The van der Waals surface area contributed by atoms with Gasteiger partial charge in [-0.2, -0.15) is 4.39 Å². The predicted molar refractivity (Wildman–Crippen MR) is 71.0 cm³/mol. The van der Waals surface area contributed by atoms with Gasteiger partial charge in [-0.05, 0) is 18.9 Å². The highest BCUT2D eigenvalue weighted by molar-refractivity contribution is 5.95. The van der Waals surface area contributed by atoms with Gasteiger partial charge in [-0.15, -0.1) is 0 Å². The van der Waals surface area contributed by atoms with Crippen LogP contribution in [-0.2, 0) is 4.74 Å². The number of nitrogens with zero attached hydrogens (tertiary/aromatic N) is 1. The van der Waals surface area contributed by atoms with Gasteiger partial charge in [0.05, 0.1) is 24.3 Å². The van der Waals surface area contributed by atoms with Gasteiger partial charge >= 0.3 is 0 Å². The van der Waals surface area contributed by atoms with Gasteiger partial charge in [0.1, 0.15) is 0 Å². The molecule has 1 aliphatic heterocycles. The molecule has 2 aliphatic rings. The minimum atomic E-state index is -1.69. The standard InChI is InChI=1S/C15H16F3NO3/c16-10-7-9(11(17)13(20)12(10)18)14(21)19-5-6-22-8-15(19)3-1-2-4-15/h7,20H,1-6,8H2. The van der Waals surface area contributed by atoms with Crippen LogP contribution in [0.4, 0.5) is 13.2 Å². The zero-order valence-electron chi connectivity index (χ0n) is 11.9. The van der Waals surface area contributed by atoms with Crippen LogP contribution in [0.3, 0.4) is 0 Å². The lowest BCUT2D eigenvalue weighted by Gasteiger charge is -2.44. The summed E-state index contributed by atoms with van der Waals surface area (Å²) in [6, 6.07) is 0.505. The number of rotatable bonds is 1. The second kappa shape index (κ2) is 5.46. The summed E-state index contributed by atoms with van der Waals surface area (Å²) in [5, 5.41) is 9.29. The number of halogens is 3. The van der Waals surface area contributed by atoms with Crippen molar-refractivity contribution in [1.29, 1.82) is 0 Å². The number of carbonyl (C=O) groups excluding carboxylic acids is 1. The first-order valence-corrected chi connectivity index (χ1v) is 7.22. The molecule has 1 N–H and O–H groups in total. The summed E-state index contributed by atoms with van der Waals surface area (Å²) in [6.07, 6.45) is 3.32. The maximum Gasteiger partial charge on any atom is 0.257 e. The zero-order valence-corrected chi connectivity index (χ0v) is 11.9. The first-order valence-electron chi connectivity index (χ1n) is 7.22. The average Bonchev–Trinajstić information content (AvgIpc) is 2.97. The molecule has 1 aliphatic carbocycles. The molecule has 2 fully saturated rings. The lowest BCUT2D eigenvalue weighted by molar-refractivity contribution is -0.0504. The smallest absolute Gasteiger partial charge is 0.257 e. The Morgan fingerprint density at radius 1 is 1.23 bits per heavy atom. The van der Waals surface area contributed by atoms with E-state index in [0.29, 0.717) is 19.3 Å². The topological polar surface area (TPSA) is 49.8 Å². The molecule has 1 heterocycles. The molecule has 0 bridgehead atoms. The van der Waals surface area contributed by atoms with E-state index in [1.165, 1.54) is 4.90 Å². The SMILES string of the molecule is O=C(c1cc(F)c(F)c(O)c1F)N1CCOCC12CCCC2. The highest BCUT2D eigenvalue weighted by Gasteiger charge is 2.45. The number of aromatic hydroxyl groups is 1. The molecule has 120 valence electrons. The lowest BCUT2D eigenvalue weighted by Crippen LogP contribution is -2.57. The number of morpholine rings is 1. The third-order valence-corrected chi connectivity index (χ3v) is 4.55. The van der Waals surface area contributed by atoms with Crippen LogP contribution in [0, 0.1) is 17.5 Å². The van der Waals surface area contributed by atoms with Crippen molar-refractivity contribution >= 4 is 5.91 Å². The van der Waals surface area contributed by atoms with E-state index in [2.05, 4.69) is 0 Å². The fourth-order valence-corrected chi connectivity index (χ4v) is 3.39. The largest absolute Gasteiger partial charge is 0.503 e. The summed E-state index contributed by atoms with van der Waals surface area (Å²) in [5.41, 5.74) is -1.16. The summed E-state index contributed by atoms with van der Waals surface area (Å²) >= 11 is 0. The number of benzene rings is 1. The molecule has 1 spiro atoms. The molecular formula is C15H16F3NO3. The molecule has 1 aromatic carbocycles. The molecular weight excluding hydrogens is 299 g/mol. The second-order valence-electron chi connectivity index (χ2n) is 5.82. The highest BCUT2D eigenvalue weighted by atomic mass is 19.2. The van der Waals surface area contributed by atoms with Gasteiger partial charge < -0.3 is 14.7 Å². The monoisotopic (exact) mass is 315 g/mol. The molecule has 0 unspecified atom stereocenters. The van der Waals surface area contributed by atoms with Crippen LogP contribution in [0.15, 0.2) is 6.07 Å². The minimum Gasteiger partial charge on any atom is -0.503 e. The van der Waals surface area contributed by atoms with Gasteiger partial charge in [-0.25, -0.2) is 8.78 Å². The van der Waals surface area contributed by atoms with Crippen LogP contribution < -0.4 is 0 Å². The number of amides is 1. The fourth-order valence-electron chi connectivity index (χ4n) is 3.39. The van der Waals surface area contributed by atoms with Crippen molar-refractivity contribution in [3.63, 3.8) is 0 Å². The highest BCUT2D eigenvalue weighted by Crippen LogP contribution is 2.39. The Labute approximate surface area is 125 Å². The van der Waals surface area contributed by atoms with Crippen molar-refractivity contribution in [2.75, 3.05) is 19.8 Å². The number of phenols is 1. The van der Waals surface area contributed by atoms with Crippen LogP contribution in [0.25, 0.3) is 0 Å². The van der Waals surface area contributed by atoms with Crippen LogP contribution in [-0.4, -0.2) is 41.2 Å². The molecule has 22 heavy (non-hydrogen) atoms. The molecule has 0 radical (unpaired) electrons. The molecule has 1 saturated carbocycles. The molecule has 0 aromatic heterocycles. The summed E-state index contributed by atoms with van der Waals surface area (Å²) < 4.78 is 46.0. The molecule has 1 aromatic rings. The van der Waals surface area contributed by atoms with Crippen molar-refractivity contribution in [3.8, 4) is 5.75 Å². The van der Waals surface area contributed by atoms with E-state index in [1.54, 1.807) is 0 Å². The Bertz CT molecular complexity index is 615. The summed E-state index contributed by atoms with van der Waals surface area (Å²) in [5.74, 6) is -6.76. The number of ether oxygens (including phenoxy) is 1. The van der Waals surface area contributed by atoms with Crippen LogP contribution in [0.5, 0.6) is 5.75 Å². The lowest BCUT2D eigenvalue weighted by atomic mass is 9.93. The first-order chi connectivity index (χ1) is 10.5. The van der Waals surface area contributed by atoms with Gasteiger partial charge in [-0.3, -0.25) is 4.79 Å². The Hall–Kier alpha value is -1.76. The molecule has 3 rings (SSSR count). The number of hydrogen-bond acceptors (Lipinski definition) is 3. The van der Waals surface area contributed by atoms with Crippen molar-refractivity contribution < 1.29 is 27.8 Å². The Morgan fingerprint density at radius 2 is 1.91 bits per heavy atom. The Morgan fingerprint density at radius 3 is 2.59 bits per heavy atom. The summed E-state index contributed by atoms with van der Waals surface area (Å²) in [7, 11) is 0. The van der Waals surface area contributed by atoms with E-state index in [-0.39, 0.29) is 6.54 Å². The van der Waals surface area contributed by atoms with E-state index in [9.17, 15) is 23.1 Å². The van der Waals surface area contributed by atoms with E-state index >= 15 is 0 Å². The van der Waals surface area contributed by atoms with Gasteiger partial charge in [0.25, 0.3) is 5.91 Å². The zero-order chi connectivity index (χ0) is 15.9. The van der Waals surface area contributed by atoms with Gasteiger partial charge in [0.15, 0.2) is 17.4 Å². The summed E-state index contributed by atoms with van der Waals surface area (Å²) in [4.78, 5) is 14.1. The maximum atomic E-state index is 14.0. The van der Waals surface area contributed by atoms with Crippen molar-refractivity contribution in [3.05, 3.63) is 29.1 Å². The maximum absolute atomic E-state index is 14.0. The fraction of sp³-hybridized carbons (Fsp3) is 0.533. The second-order valence-corrected chi connectivity index (χ2v) is 5.82. The number of carbonyl (C=O) groups is 1. The van der Waals surface area contributed by atoms with Crippen molar-refractivity contribution in [2.24, 2.45) is 0 Å². The van der Waals surface area contributed by atoms with Gasteiger partial charge in [-0.1, -0.05) is 12.8 Å². The molecule has 1 saturated heterocycles. The number of phenolic OH excluding ortho intramolecular Hbond substituents is 1.